The van der Waals surface area contributed by atoms with E-state index < -0.39 is 0 Å². The summed E-state index contributed by atoms with van der Waals surface area (Å²) in [6.45, 7) is 2.08. The molecule has 0 N–H and O–H groups in total. The van der Waals surface area contributed by atoms with Crippen LogP contribution in [0.1, 0.15) is 18.4 Å². The molecule has 0 aromatic heterocycles. The van der Waals surface area contributed by atoms with Crippen molar-refractivity contribution in [1.29, 1.82) is 0 Å². The summed E-state index contributed by atoms with van der Waals surface area (Å²) < 4.78 is 5.85. The Bertz CT molecular complexity index is 492. The van der Waals surface area contributed by atoms with Gasteiger partial charge in [0.05, 0.1) is 0 Å². The lowest BCUT2D eigenvalue weighted by Crippen LogP contribution is -2.07. The van der Waals surface area contributed by atoms with Crippen LogP contribution in [0.15, 0.2) is 59.9 Å². The molecular weight excluding hydrogens is 184 g/mol. The lowest BCUT2D eigenvalue weighted by molar-refractivity contribution is 0.417. The minimum absolute atomic E-state index is 0.360. The van der Waals surface area contributed by atoms with E-state index in [-0.39, 0.29) is 0 Å². The number of hydrogen-bond acceptors (Lipinski definition) is 1. The molecule has 1 heteroatoms. The highest BCUT2D eigenvalue weighted by Crippen LogP contribution is 2.37. The van der Waals surface area contributed by atoms with Crippen LogP contribution >= 0.6 is 0 Å². The Morgan fingerprint density at radius 3 is 3.00 bits per heavy atom. The highest BCUT2D eigenvalue weighted by Gasteiger charge is 2.21. The fourth-order valence-corrected chi connectivity index (χ4v) is 2.03. The lowest BCUT2D eigenvalue weighted by atomic mass is 9.95. The van der Waals surface area contributed by atoms with Gasteiger partial charge in [0.25, 0.3) is 0 Å². The van der Waals surface area contributed by atoms with Gasteiger partial charge in [-0.15, -0.1) is 0 Å². The van der Waals surface area contributed by atoms with E-state index in [9.17, 15) is 0 Å². The molecule has 2 aliphatic rings. The fourth-order valence-electron chi connectivity index (χ4n) is 2.03. The second-order valence-corrected chi connectivity index (χ2v) is 3.93. The summed E-state index contributed by atoms with van der Waals surface area (Å²) in [5.41, 5.74) is 2.43. The quantitative estimate of drug-likeness (QED) is 0.616. The van der Waals surface area contributed by atoms with Crippen LogP contribution in [0.5, 0.6) is 5.75 Å². The van der Waals surface area contributed by atoms with E-state index >= 15 is 0 Å². The molecule has 74 valence electrons. The number of ether oxygens (including phenoxy) is 1. The minimum atomic E-state index is 0.360. The van der Waals surface area contributed by atoms with Gasteiger partial charge in [0.1, 0.15) is 11.5 Å². The molecule has 3 rings (SSSR count). The van der Waals surface area contributed by atoms with E-state index in [1.807, 2.05) is 12.1 Å². The highest BCUT2D eigenvalue weighted by molar-refractivity contribution is 5.50. The summed E-state index contributed by atoms with van der Waals surface area (Å²) in [6, 6.07) is 8.22. The molecule has 1 aliphatic heterocycles. The zero-order chi connectivity index (χ0) is 10.3. The maximum absolute atomic E-state index is 5.85. The predicted molar refractivity (Wildman–Crippen MR) is 60.8 cm³/mol. The van der Waals surface area contributed by atoms with Crippen LogP contribution in [-0.4, -0.2) is 0 Å². The van der Waals surface area contributed by atoms with Crippen molar-refractivity contribution in [2.24, 2.45) is 0 Å². The smallest absolute Gasteiger partial charge is 0.131 e. The van der Waals surface area contributed by atoms with Crippen LogP contribution < -0.4 is 4.74 Å². The van der Waals surface area contributed by atoms with E-state index in [2.05, 4.69) is 43.4 Å². The summed E-state index contributed by atoms with van der Waals surface area (Å²) in [5.74, 6) is 2.33. The first-order chi connectivity index (χ1) is 7.34. The van der Waals surface area contributed by atoms with Gasteiger partial charge in [0, 0.05) is 11.5 Å². The second-order valence-electron chi connectivity index (χ2n) is 3.93. The lowest BCUT2D eigenvalue weighted by Gasteiger charge is -2.22. The van der Waals surface area contributed by atoms with Gasteiger partial charge < -0.3 is 4.74 Å². The molecule has 0 spiro atoms. The van der Waals surface area contributed by atoms with Crippen molar-refractivity contribution >= 4 is 0 Å². The Morgan fingerprint density at radius 1 is 1.20 bits per heavy atom. The van der Waals surface area contributed by atoms with Crippen molar-refractivity contribution in [3.63, 3.8) is 0 Å². The Labute approximate surface area is 89.4 Å². The van der Waals surface area contributed by atoms with Crippen LogP contribution in [0.2, 0.25) is 0 Å². The number of para-hydroxylation sites is 1. The molecule has 0 saturated heterocycles. The van der Waals surface area contributed by atoms with Gasteiger partial charge >= 0.3 is 0 Å². The molecule has 1 heterocycles. The Kier molecular flexibility index (Phi) is 1.78. The topological polar surface area (TPSA) is 9.23 Å². The van der Waals surface area contributed by atoms with Crippen LogP contribution in [0.3, 0.4) is 0 Å². The first-order valence-electron chi connectivity index (χ1n) is 5.18. The third-order valence-electron chi connectivity index (χ3n) is 2.88. The predicted octanol–water partition coefficient (Wildman–Crippen LogP) is 3.56. The van der Waals surface area contributed by atoms with Gasteiger partial charge in [0.2, 0.25) is 0 Å². The fraction of sp³-hybridized carbons (Fsp3) is 0.143. The highest BCUT2D eigenvalue weighted by atomic mass is 16.5. The molecule has 0 fully saturated rings. The summed E-state index contributed by atoms with van der Waals surface area (Å²) in [7, 11) is 0. The summed E-state index contributed by atoms with van der Waals surface area (Å²) in [4.78, 5) is 0. The van der Waals surface area contributed by atoms with Crippen molar-refractivity contribution in [3.05, 3.63) is 65.5 Å². The molecule has 1 aromatic carbocycles. The maximum Gasteiger partial charge on any atom is 0.131 e. The van der Waals surface area contributed by atoms with Crippen LogP contribution in [0.25, 0.3) is 0 Å². The third-order valence-corrected chi connectivity index (χ3v) is 2.88. The van der Waals surface area contributed by atoms with Crippen molar-refractivity contribution in [1.82, 2.24) is 0 Å². The van der Waals surface area contributed by atoms with Crippen LogP contribution in [0.4, 0.5) is 0 Å². The van der Waals surface area contributed by atoms with Gasteiger partial charge in [-0.25, -0.2) is 0 Å². The average molecular weight is 196 g/mol. The van der Waals surface area contributed by atoms with Crippen molar-refractivity contribution in [3.8, 4) is 5.75 Å². The van der Waals surface area contributed by atoms with Crippen LogP contribution in [-0.2, 0) is 0 Å². The molecule has 1 unspecified atom stereocenters. The number of hydrogen-bond donors (Lipinski definition) is 0. The maximum atomic E-state index is 5.85. The van der Waals surface area contributed by atoms with Crippen LogP contribution in [0, 0.1) is 0 Å². The van der Waals surface area contributed by atoms with Crippen molar-refractivity contribution in [2.75, 3.05) is 0 Å². The zero-order valence-corrected chi connectivity index (χ0v) is 8.60. The van der Waals surface area contributed by atoms with E-state index in [0.717, 1.165) is 11.5 Å². The molecular formula is C14H12O. The van der Waals surface area contributed by atoms with E-state index in [4.69, 9.17) is 4.74 Å². The van der Waals surface area contributed by atoms with Gasteiger partial charge in [-0.05, 0) is 24.6 Å². The molecule has 15 heavy (non-hydrogen) atoms. The van der Waals surface area contributed by atoms with Gasteiger partial charge in [-0.1, -0.05) is 36.4 Å². The van der Waals surface area contributed by atoms with E-state index in [0.29, 0.717) is 5.92 Å². The van der Waals surface area contributed by atoms with Gasteiger partial charge in [-0.2, -0.15) is 0 Å². The monoisotopic (exact) mass is 196 g/mol. The zero-order valence-electron chi connectivity index (χ0n) is 8.60. The van der Waals surface area contributed by atoms with Crippen molar-refractivity contribution < 1.29 is 4.74 Å². The minimum Gasteiger partial charge on any atom is -0.457 e. The summed E-state index contributed by atoms with van der Waals surface area (Å²) in [6.07, 6.45) is 8.59. The molecule has 1 nitrogen and oxygen atoms in total. The first kappa shape index (κ1) is 8.54. The summed E-state index contributed by atoms with van der Waals surface area (Å²) in [5, 5.41) is 0. The van der Waals surface area contributed by atoms with E-state index in [1.54, 1.807) is 0 Å². The molecule has 0 radical (unpaired) electrons. The standard InChI is InChI=1S/C14H12O/c1-10-5-4-6-11-9-14(10)15-13-8-3-2-7-12(11)13/h2-9,11H,1H3. The van der Waals surface area contributed by atoms with E-state index in [1.165, 1.54) is 11.1 Å². The average Bonchev–Trinajstić information content (AvgIpc) is 2.41. The normalized spacial score (nSPS) is 22.1. The molecule has 0 saturated carbocycles. The Balaban J connectivity index is 2.17. The SMILES string of the molecule is CC1=CC=CC2C=C1Oc1ccccc12. The number of rotatable bonds is 0. The second kappa shape index (κ2) is 3.13. The molecule has 1 aliphatic carbocycles. The first-order valence-corrected chi connectivity index (χ1v) is 5.18. The van der Waals surface area contributed by atoms with Gasteiger partial charge in [0.15, 0.2) is 0 Å². The number of fused-ring (bicyclic) bond motifs is 3. The number of benzene rings is 1. The molecule has 1 aromatic rings. The molecule has 2 bridgehead atoms. The summed E-state index contributed by atoms with van der Waals surface area (Å²) >= 11 is 0. The van der Waals surface area contributed by atoms with Crippen molar-refractivity contribution in [2.45, 2.75) is 12.8 Å². The molecule has 1 atom stereocenters. The van der Waals surface area contributed by atoms with Gasteiger partial charge in [-0.3, -0.25) is 0 Å². The Hall–Kier alpha value is -1.76. The Morgan fingerprint density at radius 2 is 2.07 bits per heavy atom. The molecule has 0 amide bonds. The third kappa shape index (κ3) is 1.32. The largest absolute Gasteiger partial charge is 0.457 e. The number of allylic oxidation sites excluding steroid dienone is 5.